The van der Waals surface area contributed by atoms with Crippen molar-refractivity contribution in [2.24, 2.45) is 17.0 Å². The first-order chi connectivity index (χ1) is 8.74. The van der Waals surface area contributed by atoms with E-state index in [-0.39, 0.29) is 5.92 Å². The van der Waals surface area contributed by atoms with Gasteiger partial charge in [0, 0.05) is 31.8 Å². The third kappa shape index (κ3) is 3.03. The van der Waals surface area contributed by atoms with Crippen LogP contribution in [0.4, 0.5) is 0 Å². The number of carbonyl (C=O) groups is 1. The zero-order valence-electron chi connectivity index (χ0n) is 11.3. The highest BCUT2D eigenvalue weighted by atomic mass is 16.4. The zero-order valence-corrected chi connectivity index (χ0v) is 11.3. The van der Waals surface area contributed by atoms with E-state index in [1.165, 1.54) is 25.7 Å². The largest absolute Gasteiger partial charge is 0.411 e. The Kier molecular flexibility index (Phi) is 4.61. The molecule has 0 aromatic heterocycles. The van der Waals surface area contributed by atoms with Crippen LogP contribution in [0.2, 0.25) is 0 Å². The summed E-state index contributed by atoms with van der Waals surface area (Å²) in [5, 5.41) is 12.3. The van der Waals surface area contributed by atoms with Crippen molar-refractivity contribution in [1.29, 1.82) is 0 Å². The third-order valence-corrected chi connectivity index (χ3v) is 4.46. The lowest BCUT2D eigenvalue weighted by Crippen LogP contribution is -2.44. The molecule has 1 aliphatic carbocycles. The maximum atomic E-state index is 12.2. The van der Waals surface area contributed by atoms with Crippen molar-refractivity contribution in [2.75, 3.05) is 13.1 Å². The van der Waals surface area contributed by atoms with Gasteiger partial charge in [0.2, 0.25) is 5.91 Å². The summed E-state index contributed by atoms with van der Waals surface area (Å²) < 4.78 is 0. The Morgan fingerprint density at radius 1 is 1.44 bits per heavy atom. The fraction of sp³-hybridized carbons (Fsp3) is 0.857. The lowest BCUT2D eigenvalue weighted by atomic mass is 9.92. The van der Waals surface area contributed by atoms with Crippen molar-refractivity contribution in [3.8, 4) is 0 Å². The monoisotopic (exact) mass is 252 g/mol. The second kappa shape index (κ2) is 6.21. The van der Waals surface area contributed by atoms with E-state index in [0.717, 1.165) is 38.1 Å². The standard InChI is InChI=1S/C14H24N2O2/c1-2-12-10-16(8-7-13(12)15-18)14(17)9-11-5-3-4-6-11/h11-12,18H,2-10H2,1H3. The van der Waals surface area contributed by atoms with Gasteiger partial charge in [-0.15, -0.1) is 0 Å². The Morgan fingerprint density at radius 2 is 2.17 bits per heavy atom. The number of rotatable bonds is 3. The molecule has 1 heterocycles. The third-order valence-electron chi connectivity index (χ3n) is 4.46. The summed E-state index contributed by atoms with van der Waals surface area (Å²) in [6, 6.07) is 0. The van der Waals surface area contributed by atoms with Crippen molar-refractivity contribution >= 4 is 11.6 Å². The molecule has 1 unspecified atom stereocenters. The van der Waals surface area contributed by atoms with Gasteiger partial charge in [0.15, 0.2) is 0 Å². The summed E-state index contributed by atoms with van der Waals surface area (Å²) >= 11 is 0. The smallest absolute Gasteiger partial charge is 0.222 e. The molecule has 0 spiro atoms. The van der Waals surface area contributed by atoms with Gasteiger partial charge in [-0.05, 0) is 25.2 Å². The van der Waals surface area contributed by atoms with E-state index in [0.29, 0.717) is 11.8 Å². The molecule has 2 fully saturated rings. The van der Waals surface area contributed by atoms with Crippen molar-refractivity contribution in [3.63, 3.8) is 0 Å². The number of carbonyl (C=O) groups excluding carboxylic acids is 1. The predicted molar refractivity (Wildman–Crippen MR) is 70.8 cm³/mol. The van der Waals surface area contributed by atoms with E-state index in [2.05, 4.69) is 12.1 Å². The van der Waals surface area contributed by atoms with E-state index in [4.69, 9.17) is 5.21 Å². The Labute approximate surface area is 109 Å². The average Bonchev–Trinajstić information content (AvgIpc) is 2.90. The van der Waals surface area contributed by atoms with Gasteiger partial charge in [0.1, 0.15) is 0 Å². The number of likely N-dealkylation sites (tertiary alicyclic amines) is 1. The van der Waals surface area contributed by atoms with E-state index in [1.54, 1.807) is 0 Å². The van der Waals surface area contributed by atoms with Gasteiger partial charge in [0.25, 0.3) is 0 Å². The molecule has 102 valence electrons. The van der Waals surface area contributed by atoms with Crippen LogP contribution in [-0.4, -0.2) is 34.8 Å². The van der Waals surface area contributed by atoms with Gasteiger partial charge in [-0.2, -0.15) is 0 Å². The molecule has 18 heavy (non-hydrogen) atoms. The van der Waals surface area contributed by atoms with Gasteiger partial charge in [-0.1, -0.05) is 24.9 Å². The minimum atomic E-state index is 0.247. The van der Waals surface area contributed by atoms with Gasteiger partial charge < -0.3 is 10.1 Å². The normalized spacial score (nSPS) is 27.9. The fourth-order valence-electron chi connectivity index (χ4n) is 3.23. The van der Waals surface area contributed by atoms with Crippen LogP contribution in [0, 0.1) is 11.8 Å². The molecule has 4 nitrogen and oxygen atoms in total. The first-order valence-corrected chi connectivity index (χ1v) is 7.23. The Morgan fingerprint density at radius 3 is 2.78 bits per heavy atom. The summed E-state index contributed by atoms with van der Waals surface area (Å²) in [6.45, 7) is 3.55. The van der Waals surface area contributed by atoms with Crippen molar-refractivity contribution in [1.82, 2.24) is 4.90 Å². The summed E-state index contributed by atoms with van der Waals surface area (Å²) in [6.07, 6.45) is 7.41. The van der Waals surface area contributed by atoms with Crippen LogP contribution < -0.4 is 0 Å². The zero-order chi connectivity index (χ0) is 13.0. The molecular weight excluding hydrogens is 228 g/mol. The molecule has 1 aliphatic heterocycles. The second-order valence-corrected chi connectivity index (χ2v) is 5.64. The average molecular weight is 252 g/mol. The highest BCUT2D eigenvalue weighted by Crippen LogP contribution is 2.29. The lowest BCUT2D eigenvalue weighted by molar-refractivity contribution is -0.132. The van der Waals surface area contributed by atoms with Crippen LogP contribution in [0.5, 0.6) is 0 Å². The molecule has 2 rings (SSSR count). The van der Waals surface area contributed by atoms with Crippen molar-refractivity contribution in [2.45, 2.75) is 51.9 Å². The SMILES string of the molecule is CCC1CN(C(=O)CC2CCCC2)CCC1=NO. The molecule has 2 aliphatic rings. The summed E-state index contributed by atoms with van der Waals surface area (Å²) in [5.41, 5.74) is 0.863. The number of nitrogens with zero attached hydrogens (tertiary/aromatic N) is 2. The van der Waals surface area contributed by atoms with Crippen LogP contribution in [-0.2, 0) is 4.79 Å². The Hall–Kier alpha value is -1.06. The first kappa shape index (κ1) is 13.4. The lowest BCUT2D eigenvalue weighted by Gasteiger charge is -2.33. The molecule has 0 radical (unpaired) electrons. The molecular formula is C14H24N2O2. The van der Waals surface area contributed by atoms with Gasteiger partial charge in [-0.25, -0.2) is 0 Å². The van der Waals surface area contributed by atoms with Gasteiger partial charge in [-0.3, -0.25) is 4.79 Å². The molecule has 1 amide bonds. The second-order valence-electron chi connectivity index (χ2n) is 5.64. The van der Waals surface area contributed by atoms with Crippen LogP contribution in [0.1, 0.15) is 51.9 Å². The van der Waals surface area contributed by atoms with Crippen molar-refractivity contribution < 1.29 is 10.0 Å². The molecule has 4 heteroatoms. The minimum absolute atomic E-state index is 0.247. The van der Waals surface area contributed by atoms with E-state index in [1.807, 2.05) is 4.90 Å². The highest BCUT2D eigenvalue weighted by molar-refractivity contribution is 5.89. The number of hydrogen-bond donors (Lipinski definition) is 1. The Balaban J connectivity index is 1.87. The van der Waals surface area contributed by atoms with E-state index >= 15 is 0 Å². The number of oxime groups is 1. The van der Waals surface area contributed by atoms with E-state index in [9.17, 15) is 4.79 Å². The molecule has 1 N–H and O–H groups in total. The predicted octanol–water partition coefficient (Wildman–Crippen LogP) is 2.66. The maximum absolute atomic E-state index is 12.2. The van der Waals surface area contributed by atoms with Crippen LogP contribution in [0.3, 0.4) is 0 Å². The summed E-state index contributed by atoms with van der Waals surface area (Å²) in [5.74, 6) is 1.17. The molecule has 1 atom stereocenters. The van der Waals surface area contributed by atoms with E-state index < -0.39 is 0 Å². The van der Waals surface area contributed by atoms with Crippen LogP contribution in [0.15, 0.2) is 5.16 Å². The van der Waals surface area contributed by atoms with Crippen molar-refractivity contribution in [3.05, 3.63) is 0 Å². The summed E-state index contributed by atoms with van der Waals surface area (Å²) in [4.78, 5) is 14.2. The number of hydrogen-bond acceptors (Lipinski definition) is 3. The highest BCUT2D eigenvalue weighted by Gasteiger charge is 2.29. The maximum Gasteiger partial charge on any atom is 0.222 e. The van der Waals surface area contributed by atoms with Gasteiger partial charge >= 0.3 is 0 Å². The molecule has 1 saturated carbocycles. The first-order valence-electron chi connectivity index (χ1n) is 7.23. The Bertz CT molecular complexity index is 322. The quantitative estimate of drug-likeness (QED) is 0.620. The molecule has 0 aromatic rings. The number of amides is 1. The topological polar surface area (TPSA) is 52.9 Å². The van der Waals surface area contributed by atoms with Gasteiger partial charge in [0.05, 0.1) is 5.71 Å². The summed E-state index contributed by atoms with van der Waals surface area (Å²) in [7, 11) is 0. The van der Waals surface area contributed by atoms with Crippen LogP contribution >= 0.6 is 0 Å². The fourth-order valence-corrected chi connectivity index (χ4v) is 3.23. The van der Waals surface area contributed by atoms with Crippen LogP contribution in [0.25, 0.3) is 0 Å². The number of piperidine rings is 1. The molecule has 0 bridgehead atoms. The molecule has 1 saturated heterocycles. The minimum Gasteiger partial charge on any atom is -0.411 e. The molecule has 0 aromatic carbocycles.